The van der Waals surface area contributed by atoms with E-state index in [4.69, 9.17) is 23.2 Å². The van der Waals surface area contributed by atoms with E-state index in [9.17, 15) is 9.59 Å². The van der Waals surface area contributed by atoms with Crippen molar-refractivity contribution in [3.63, 3.8) is 0 Å². The van der Waals surface area contributed by atoms with Crippen LogP contribution in [0.2, 0.25) is 10.0 Å². The van der Waals surface area contributed by atoms with Crippen LogP contribution in [0.3, 0.4) is 0 Å². The third kappa shape index (κ3) is 3.00. The SMILES string of the molecule is CC(=O)NC1=NC(=O)/C(=C/c2ccc(Cl)cc2Cl)N1C. The lowest BCUT2D eigenvalue weighted by molar-refractivity contribution is -0.117. The standard InChI is InChI=1S/C13H11Cl2N3O2/c1-7(19)16-13-17-12(20)11(18(13)2)5-8-3-4-9(14)6-10(8)15/h3-6H,1-2H3,(H,16,17,19,20)/b11-5-. The number of hydrogen-bond acceptors (Lipinski definition) is 3. The lowest BCUT2D eigenvalue weighted by Crippen LogP contribution is -2.37. The van der Waals surface area contributed by atoms with Gasteiger partial charge in [-0.05, 0) is 23.8 Å². The van der Waals surface area contributed by atoms with Gasteiger partial charge >= 0.3 is 0 Å². The molecular weight excluding hydrogens is 301 g/mol. The summed E-state index contributed by atoms with van der Waals surface area (Å²) in [7, 11) is 1.63. The third-order valence-corrected chi connectivity index (χ3v) is 3.21. The fourth-order valence-corrected chi connectivity index (χ4v) is 2.14. The summed E-state index contributed by atoms with van der Waals surface area (Å²) in [5.74, 6) is -0.546. The first-order valence-corrected chi connectivity index (χ1v) is 6.45. The van der Waals surface area contributed by atoms with Gasteiger partial charge in [-0.15, -0.1) is 0 Å². The summed E-state index contributed by atoms with van der Waals surface area (Å²) in [4.78, 5) is 28.1. The van der Waals surface area contributed by atoms with Crippen LogP contribution < -0.4 is 5.32 Å². The number of nitrogens with one attached hydrogen (secondary N) is 1. The Morgan fingerprint density at radius 2 is 2.10 bits per heavy atom. The van der Waals surface area contributed by atoms with Crippen molar-refractivity contribution in [3.05, 3.63) is 39.5 Å². The van der Waals surface area contributed by atoms with E-state index >= 15 is 0 Å². The molecule has 1 aromatic rings. The van der Waals surface area contributed by atoms with Gasteiger partial charge in [0.2, 0.25) is 11.9 Å². The second-order valence-corrected chi connectivity index (χ2v) is 5.02. The van der Waals surface area contributed by atoms with E-state index in [1.165, 1.54) is 11.8 Å². The van der Waals surface area contributed by atoms with Crippen molar-refractivity contribution in [2.75, 3.05) is 7.05 Å². The maximum Gasteiger partial charge on any atom is 0.296 e. The monoisotopic (exact) mass is 311 g/mol. The van der Waals surface area contributed by atoms with Crippen molar-refractivity contribution in [3.8, 4) is 0 Å². The van der Waals surface area contributed by atoms with Gasteiger partial charge in [0.15, 0.2) is 0 Å². The van der Waals surface area contributed by atoms with Crippen LogP contribution >= 0.6 is 23.2 Å². The van der Waals surface area contributed by atoms with Crippen LogP contribution in [0.4, 0.5) is 0 Å². The molecule has 0 spiro atoms. The van der Waals surface area contributed by atoms with Gasteiger partial charge in [0.25, 0.3) is 5.91 Å². The molecule has 0 atom stereocenters. The molecule has 1 N–H and O–H groups in total. The molecule has 0 bridgehead atoms. The predicted molar refractivity (Wildman–Crippen MR) is 78.5 cm³/mol. The number of benzene rings is 1. The van der Waals surface area contributed by atoms with Gasteiger partial charge < -0.3 is 4.90 Å². The van der Waals surface area contributed by atoms with Gasteiger partial charge in [0.1, 0.15) is 5.70 Å². The first-order chi connectivity index (χ1) is 9.38. The van der Waals surface area contributed by atoms with Gasteiger partial charge in [-0.25, -0.2) is 0 Å². The predicted octanol–water partition coefficient (Wildman–Crippen LogP) is 2.30. The Kier molecular flexibility index (Phi) is 4.11. The van der Waals surface area contributed by atoms with Crippen LogP contribution in [0.5, 0.6) is 0 Å². The van der Waals surface area contributed by atoms with E-state index in [0.717, 1.165) is 0 Å². The molecule has 2 amide bonds. The van der Waals surface area contributed by atoms with Crippen molar-refractivity contribution < 1.29 is 9.59 Å². The Morgan fingerprint density at radius 3 is 2.70 bits per heavy atom. The van der Waals surface area contributed by atoms with Crippen molar-refractivity contribution in [1.82, 2.24) is 10.2 Å². The summed E-state index contributed by atoms with van der Waals surface area (Å²) in [6.45, 7) is 1.35. The number of aliphatic imine (C=N–C) groups is 1. The number of rotatable bonds is 1. The lowest BCUT2D eigenvalue weighted by atomic mass is 10.2. The number of carbonyl (C=O) groups is 2. The number of nitrogens with zero attached hydrogens (tertiary/aromatic N) is 2. The van der Waals surface area contributed by atoms with Crippen molar-refractivity contribution >= 4 is 47.1 Å². The van der Waals surface area contributed by atoms with E-state index in [-0.39, 0.29) is 11.9 Å². The van der Waals surface area contributed by atoms with Crippen LogP contribution in [-0.4, -0.2) is 29.7 Å². The van der Waals surface area contributed by atoms with Crippen LogP contribution in [0, 0.1) is 0 Å². The fourth-order valence-electron chi connectivity index (χ4n) is 1.68. The van der Waals surface area contributed by atoms with Gasteiger partial charge in [0.05, 0.1) is 0 Å². The van der Waals surface area contributed by atoms with Gasteiger partial charge in [-0.1, -0.05) is 29.3 Å². The molecule has 1 heterocycles. The largest absolute Gasteiger partial charge is 0.310 e. The average Bonchev–Trinajstić information content (AvgIpc) is 2.59. The Morgan fingerprint density at radius 1 is 1.40 bits per heavy atom. The fraction of sp³-hybridized carbons (Fsp3) is 0.154. The second-order valence-electron chi connectivity index (χ2n) is 4.18. The number of halogens is 2. The van der Waals surface area contributed by atoms with Crippen LogP contribution in [0.1, 0.15) is 12.5 Å². The Hall–Kier alpha value is -1.85. The van der Waals surface area contributed by atoms with Crippen LogP contribution in [0.15, 0.2) is 28.9 Å². The highest BCUT2D eigenvalue weighted by Crippen LogP contribution is 2.25. The van der Waals surface area contributed by atoms with E-state index in [0.29, 0.717) is 21.3 Å². The zero-order chi connectivity index (χ0) is 14.9. The van der Waals surface area contributed by atoms with E-state index < -0.39 is 5.91 Å². The zero-order valence-electron chi connectivity index (χ0n) is 10.8. The topological polar surface area (TPSA) is 61.8 Å². The number of likely N-dealkylation sites (N-methyl/N-ethyl adjacent to an activating group) is 1. The summed E-state index contributed by atoms with van der Waals surface area (Å²) in [5, 5.41) is 3.42. The highest BCUT2D eigenvalue weighted by Gasteiger charge is 2.27. The highest BCUT2D eigenvalue weighted by atomic mass is 35.5. The third-order valence-electron chi connectivity index (χ3n) is 2.65. The van der Waals surface area contributed by atoms with Gasteiger partial charge in [0, 0.05) is 24.0 Å². The van der Waals surface area contributed by atoms with Crippen molar-refractivity contribution in [2.45, 2.75) is 6.92 Å². The molecule has 104 valence electrons. The lowest BCUT2D eigenvalue weighted by Gasteiger charge is -2.14. The first-order valence-electron chi connectivity index (χ1n) is 5.69. The maximum absolute atomic E-state index is 11.8. The summed E-state index contributed by atoms with van der Waals surface area (Å²) in [6, 6.07) is 4.97. The molecule has 1 aromatic carbocycles. The molecule has 1 aliphatic rings. The Balaban J connectivity index is 2.32. The molecular formula is C13H11Cl2N3O2. The van der Waals surface area contributed by atoms with E-state index in [1.54, 1.807) is 31.3 Å². The molecule has 0 saturated carbocycles. The van der Waals surface area contributed by atoms with E-state index in [2.05, 4.69) is 10.3 Å². The molecule has 7 heteroatoms. The molecule has 0 radical (unpaired) electrons. The zero-order valence-corrected chi connectivity index (χ0v) is 12.3. The van der Waals surface area contributed by atoms with Gasteiger partial charge in [-0.2, -0.15) is 4.99 Å². The Labute approximate surface area is 125 Å². The molecule has 0 unspecified atom stereocenters. The molecule has 0 fully saturated rings. The first kappa shape index (κ1) is 14.6. The normalized spacial score (nSPS) is 16.6. The molecule has 0 aliphatic carbocycles. The van der Waals surface area contributed by atoms with Crippen LogP contribution in [0.25, 0.3) is 6.08 Å². The number of guanidine groups is 1. The molecule has 20 heavy (non-hydrogen) atoms. The minimum atomic E-state index is -0.442. The molecule has 5 nitrogen and oxygen atoms in total. The van der Waals surface area contributed by atoms with Crippen LogP contribution in [-0.2, 0) is 9.59 Å². The van der Waals surface area contributed by atoms with E-state index in [1.807, 2.05) is 0 Å². The minimum absolute atomic E-state index is 0.193. The Bertz CT molecular complexity index is 653. The summed E-state index contributed by atoms with van der Waals surface area (Å²) in [6.07, 6.45) is 1.60. The van der Waals surface area contributed by atoms with Gasteiger partial charge in [-0.3, -0.25) is 14.9 Å². The minimum Gasteiger partial charge on any atom is -0.310 e. The van der Waals surface area contributed by atoms with Crippen molar-refractivity contribution in [2.24, 2.45) is 4.99 Å². The highest BCUT2D eigenvalue weighted by molar-refractivity contribution is 6.35. The molecule has 2 rings (SSSR count). The summed E-state index contributed by atoms with van der Waals surface area (Å²) >= 11 is 11.9. The average molecular weight is 312 g/mol. The van der Waals surface area contributed by atoms with Crippen molar-refractivity contribution in [1.29, 1.82) is 0 Å². The quantitative estimate of drug-likeness (QED) is 0.809. The number of hydrogen-bond donors (Lipinski definition) is 1. The summed E-state index contributed by atoms with van der Waals surface area (Å²) in [5.41, 5.74) is 0.962. The number of carbonyl (C=O) groups excluding carboxylic acids is 2. The smallest absolute Gasteiger partial charge is 0.296 e. The molecule has 1 aliphatic heterocycles. The molecule has 0 aromatic heterocycles. The number of amides is 2. The summed E-state index contributed by atoms with van der Waals surface area (Å²) < 4.78 is 0. The maximum atomic E-state index is 11.8. The molecule has 0 saturated heterocycles. The second kappa shape index (κ2) is 5.64.